The summed E-state index contributed by atoms with van der Waals surface area (Å²) in [6, 6.07) is 19.2. The third kappa shape index (κ3) is 3.78. The zero-order chi connectivity index (χ0) is 22.9. The Labute approximate surface area is 193 Å². The van der Waals surface area contributed by atoms with E-state index in [4.69, 9.17) is 4.74 Å². The third-order valence-corrected chi connectivity index (χ3v) is 6.12. The van der Waals surface area contributed by atoms with Gasteiger partial charge in [0.25, 0.3) is 0 Å². The van der Waals surface area contributed by atoms with Crippen molar-refractivity contribution in [1.29, 1.82) is 0 Å². The van der Waals surface area contributed by atoms with Gasteiger partial charge in [0.15, 0.2) is 5.82 Å². The fourth-order valence-electron chi connectivity index (χ4n) is 4.40. The molecule has 0 N–H and O–H groups in total. The van der Waals surface area contributed by atoms with Gasteiger partial charge in [0.2, 0.25) is 0 Å². The van der Waals surface area contributed by atoms with Crippen LogP contribution in [0.15, 0.2) is 73.3 Å². The molecule has 1 unspecified atom stereocenters. The topological polar surface area (TPSA) is 57.8 Å². The first-order valence-corrected chi connectivity index (χ1v) is 11.2. The Morgan fingerprint density at radius 2 is 1.82 bits per heavy atom. The summed E-state index contributed by atoms with van der Waals surface area (Å²) in [7, 11) is 1.68. The molecule has 1 atom stereocenters. The largest absolute Gasteiger partial charge is 0.495 e. The van der Waals surface area contributed by atoms with Crippen LogP contribution in [0.4, 0.5) is 0 Å². The van der Waals surface area contributed by atoms with E-state index in [1.807, 2.05) is 29.8 Å². The number of ether oxygens (including phenoxy) is 1. The number of aromatic nitrogens is 5. The van der Waals surface area contributed by atoms with Gasteiger partial charge in [0.1, 0.15) is 11.4 Å². The van der Waals surface area contributed by atoms with E-state index in [2.05, 4.69) is 82.3 Å². The average molecular weight is 438 g/mol. The predicted molar refractivity (Wildman–Crippen MR) is 130 cm³/mol. The van der Waals surface area contributed by atoms with Crippen LogP contribution in [0.5, 0.6) is 5.75 Å². The standard InChI is InChI=1S/C27H27N5O/c1-5-23(20-10-8-18(2)9-11-20)32-14-6-7-22-26(29-30-27(22)32)21-12-13-24(25(15-21)33-4)31-16-19(3)28-17-31/h6-17,23H,5H2,1-4H3. The second kappa shape index (κ2) is 8.54. The Balaban J connectivity index is 1.54. The van der Waals surface area contributed by atoms with Gasteiger partial charge in [-0.05, 0) is 50.1 Å². The van der Waals surface area contributed by atoms with Crippen molar-refractivity contribution in [2.75, 3.05) is 7.11 Å². The molecule has 6 nitrogen and oxygen atoms in total. The molecule has 6 heteroatoms. The number of benzene rings is 2. The van der Waals surface area contributed by atoms with E-state index in [0.717, 1.165) is 46.2 Å². The van der Waals surface area contributed by atoms with E-state index >= 15 is 0 Å². The van der Waals surface area contributed by atoms with Crippen molar-refractivity contribution in [2.24, 2.45) is 0 Å². The molecule has 0 saturated carbocycles. The molecule has 1 aromatic heterocycles. The van der Waals surface area contributed by atoms with Crippen molar-refractivity contribution in [3.05, 3.63) is 90.1 Å². The fourth-order valence-corrected chi connectivity index (χ4v) is 4.40. The summed E-state index contributed by atoms with van der Waals surface area (Å²) in [4.78, 5) is 4.33. The first-order chi connectivity index (χ1) is 16.1. The predicted octanol–water partition coefficient (Wildman–Crippen LogP) is 5.86. The molecule has 0 saturated heterocycles. The molecule has 2 aliphatic rings. The maximum absolute atomic E-state index is 5.70. The molecule has 166 valence electrons. The number of fused-ring (bicyclic) bond motifs is 1. The van der Waals surface area contributed by atoms with Gasteiger partial charge in [-0.2, -0.15) is 0 Å². The lowest BCUT2D eigenvalue weighted by molar-refractivity contribution is 0.413. The Bertz CT molecular complexity index is 1370. The van der Waals surface area contributed by atoms with Crippen molar-refractivity contribution in [1.82, 2.24) is 24.3 Å². The molecule has 0 bridgehead atoms. The summed E-state index contributed by atoms with van der Waals surface area (Å²) >= 11 is 0. The maximum atomic E-state index is 5.70. The highest BCUT2D eigenvalue weighted by molar-refractivity contribution is 5.80. The van der Waals surface area contributed by atoms with Gasteiger partial charge >= 0.3 is 0 Å². The highest BCUT2D eigenvalue weighted by Gasteiger charge is 2.22. The number of aryl methyl sites for hydroxylation is 2. The van der Waals surface area contributed by atoms with Gasteiger partial charge in [-0.1, -0.05) is 42.8 Å². The number of nitrogens with zero attached hydrogens (tertiary/aromatic N) is 5. The van der Waals surface area contributed by atoms with E-state index < -0.39 is 0 Å². The van der Waals surface area contributed by atoms with Gasteiger partial charge in [0, 0.05) is 23.5 Å². The summed E-state index contributed by atoms with van der Waals surface area (Å²) in [6.07, 6.45) is 6.83. The second-order valence-corrected chi connectivity index (χ2v) is 8.35. The number of hydrogen-bond donors (Lipinski definition) is 0. The molecule has 0 spiro atoms. The van der Waals surface area contributed by atoms with Crippen molar-refractivity contribution in [3.63, 3.8) is 0 Å². The number of methoxy groups -OCH3 is 1. The van der Waals surface area contributed by atoms with Crippen molar-refractivity contribution in [3.8, 4) is 34.1 Å². The minimum Gasteiger partial charge on any atom is -0.495 e. The summed E-state index contributed by atoms with van der Waals surface area (Å²) in [5, 5.41) is 9.19. The van der Waals surface area contributed by atoms with E-state index in [1.165, 1.54) is 11.1 Å². The molecule has 0 aliphatic carbocycles. The van der Waals surface area contributed by atoms with Crippen LogP contribution in [-0.2, 0) is 0 Å². The molecule has 33 heavy (non-hydrogen) atoms. The third-order valence-electron chi connectivity index (χ3n) is 6.12. The summed E-state index contributed by atoms with van der Waals surface area (Å²) in [5.74, 6) is 1.64. The van der Waals surface area contributed by atoms with Crippen LogP contribution in [0, 0.1) is 13.8 Å². The van der Waals surface area contributed by atoms with Crippen molar-refractivity contribution >= 4 is 0 Å². The zero-order valence-electron chi connectivity index (χ0n) is 19.4. The summed E-state index contributed by atoms with van der Waals surface area (Å²) < 4.78 is 9.90. The lowest BCUT2D eigenvalue weighted by Crippen LogP contribution is -2.12. The average Bonchev–Trinajstić information content (AvgIpc) is 3.47. The fraction of sp³-hybridized carbons (Fsp3) is 0.222. The van der Waals surface area contributed by atoms with E-state index in [-0.39, 0.29) is 6.04 Å². The minimum absolute atomic E-state index is 0.195. The van der Waals surface area contributed by atoms with Gasteiger partial charge in [-0.3, -0.25) is 0 Å². The van der Waals surface area contributed by atoms with Crippen LogP contribution in [0.3, 0.4) is 0 Å². The molecule has 0 radical (unpaired) electrons. The van der Waals surface area contributed by atoms with Gasteiger partial charge in [-0.15, -0.1) is 10.2 Å². The van der Waals surface area contributed by atoms with Gasteiger partial charge < -0.3 is 13.9 Å². The number of imidazole rings is 1. The lowest BCUT2D eigenvalue weighted by atomic mass is 10.0. The van der Waals surface area contributed by atoms with Crippen molar-refractivity contribution < 1.29 is 4.74 Å². The first-order valence-electron chi connectivity index (χ1n) is 11.2. The van der Waals surface area contributed by atoms with Crippen LogP contribution >= 0.6 is 0 Å². The summed E-state index contributed by atoms with van der Waals surface area (Å²) in [5.41, 5.74) is 7.27. The second-order valence-electron chi connectivity index (χ2n) is 8.35. The highest BCUT2D eigenvalue weighted by Crippen LogP contribution is 2.37. The van der Waals surface area contributed by atoms with E-state index in [1.54, 1.807) is 13.4 Å². The molecular formula is C27H27N5O. The van der Waals surface area contributed by atoms with Gasteiger partial charge in [-0.25, -0.2) is 4.98 Å². The van der Waals surface area contributed by atoms with Crippen LogP contribution in [-0.4, -0.2) is 31.4 Å². The SMILES string of the molecule is CCC(c1ccc(C)cc1)n1cccc2c(-c3ccc(-n4cnc(C)c4)c(OC)c3)nnc1-2. The maximum Gasteiger partial charge on any atom is 0.165 e. The molecule has 3 aromatic rings. The summed E-state index contributed by atoms with van der Waals surface area (Å²) in [6.45, 7) is 6.29. The van der Waals surface area contributed by atoms with Crippen LogP contribution in [0.2, 0.25) is 0 Å². The Kier molecular flexibility index (Phi) is 5.42. The molecular weight excluding hydrogens is 410 g/mol. The normalized spacial score (nSPS) is 12.2. The van der Waals surface area contributed by atoms with Crippen molar-refractivity contribution in [2.45, 2.75) is 33.2 Å². The Morgan fingerprint density at radius 3 is 2.52 bits per heavy atom. The minimum atomic E-state index is 0.195. The molecule has 5 rings (SSSR count). The molecule has 2 aliphatic heterocycles. The highest BCUT2D eigenvalue weighted by atomic mass is 16.5. The Morgan fingerprint density at radius 1 is 1.00 bits per heavy atom. The molecule has 0 amide bonds. The molecule has 3 heterocycles. The van der Waals surface area contributed by atoms with Crippen LogP contribution < -0.4 is 4.74 Å². The molecule has 2 aromatic carbocycles. The van der Waals surface area contributed by atoms with Gasteiger partial charge in [0.05, 0.1) is 30.9 Å². The number of rotatable bonds is 6. The first kappa shape index (κ1) is 20.9. The molecule has 0 fully saturated rings. The Hall–Kier alpha value is -3.93. The lowest BCUT2D eigenvalue weighted by Gasteiger charge is -2.22. The quantitative estimate of drug-likeness (QED) is 0.334. The number of hydrogen-bond acceptors (Lipinski definition) is 4. The smallest absolute Gasteiger partial charge is 0.165 e. The van der Waals surface area contributed by atoms with Crippen LogP contribution in [0.1, 0.15) is 36.2 Å². The zero-order valence-corrected chi connectivity index (χ0v) is 19.4. The van der Waals surface area contributed by atoms with E-state index in [0.29, 0.717) is 0 Å². The van der Waals surface area contributed by atoms with E-state index in [9.17, 15) is 0 Å². The van der Waals surface area contributed by atoms with Crippen LogP contribution in [0.25, 0.3) is 28.3 Å². The number of pyridine rings is 1. The monoisotopic (exact) mass is 437 g/mol.